The highest BCUT2D eigenvalue weighted by atomic mass is 16.5. The molecule has 2 heteroatoms. The van der Waals surface area contributed by atoms with E-state index < -0.39 is 0 Å². The third-order valence-corrected chi connectivity index (χ3v) is 2.09. The molecule has 0 heterocycles. The highest BCUT2D eigenvalue weighted by Crippen LogP contribution is 2.07. The molecule has 68 valence electrons. The normalized spacial score (nSPS) is 16.4. The van der Waals surface area contributed by atoms with Crippen LogP contribution in [0.3, 0.4) is 0 Å². The summed E-state index contributed by atoms with van der Waals surface area (Å²) in [4.78, 5) is 0. The first-order valence-electron chi connectivity index (χ1n) is 4.72. The first kappa shape index (κ1) is 10.9. The molecule has 2 nitrogen and oxygen atoms in total. The van der Waals surface area contributed by atoms with Gasteiger partial charge in [0.2, 0.25) is 0 Å². The van der Waals surface area contributed by atoms with Gasteiger partial charge in [-0.25, -0.2) is 0 Å². The zero-order valence-electron chi connectivity index (χ0n) is 8.02. The van der Waals surface area contributed by atoms with E-state index in [0.717, 1.165) is 18.9 Å². The Morgan fingerprint density at radius 2 is 1.91 bits per heavy atom. The quantitative estimate of drug-likeness (QED) is 0.580. The molecule has 2 atom stereocenters. The molecule has 1 N–H and O–H groups in total. The molecule has 0 saturated carbocycles. The van der Waals surface area contributed by atoms with Crippen LogP contribution in [0.5, 0.6) is 0 Å². The van der Waals surface area contributed by atoms with Crippen molar-refractivity contribution in [2.24, 2.45) is 5.92 Å². The molecule has 0 fully saturated rings. The Morgan fingerprint density at radius 1 is 1.27 bits per heavy atom. The molecular formula is C9H21NO. The molecule has 2 unspecified atom stereocenters. The van der Waals surface area contributed by atoms with E-state index in [2.05, 4.69) is 13.8 Å². The standard InChI is InChI=1S/C9H21NO/c1-4-6-9(3)7-8-10(11)5-2/h9-10H,4-8H2,1-3H3. The van der Waals surface area contributed by atoms with Gasteiger partial charge in [0.1, 0.15) is 0 Å². The smallest absolute Gasteiger partial charge is 0.0770 e. The largest absolute Gasteiger partial charge is 0.634 e. The summed E-state index contributed by atoms with van der Waals surface area (Å²) in [6, 6.07) is 0. The summed E-state index contributed by atoms with van der Waals surface area (Å²) in [6.07, 6.45) is 3.58. The van der Waals surface area contributed by atoms with Crippen molar-refractivity contribution in [2.45, 2.75) is 40.0 Å². The predicted octanol–water partition coefficient (Wildman–Crippen LogP) is 1.22. The van der Waals surface area contributed by atoms with Crippen LogP contribution in [0.15, 0.2) is 0 Å². The van der Waals surface area contributed by atoms with E-state index in [1.54, 1.807) is 0 Å². The molecule has 0 aromatic carbocycles. The average molecular weight is 159 g/mol. The minimum absolute atomic E-state index is 0.410. The molecule has 0 aromatic rings. The van der Waals surface area contributed by atoms with Gasteiger partial charge in [-0.15, -0.1) is 0 Å². The Morgan fingerprint density at radius 3 is 2.36 bits per heavy atom. The van der Waals surface area contributed by atoms with Gasteiger partial charge in [0, 0.05) is 0 Å². The van der Waals surface area contributed by atoms with Crippen LogP contribution in [-0.4, -0.2) is 13.1 Å². The number of hydrogen-bond donors (Lipinski definition) is 1. The number of hydroxylamine groups is 2. The highest BCUT2D eigenvalue weighted by Gasteiger charge is 2.02. The van der Waals surface area contributed by atoms with E-state index >= 15 is 0 Å². The van der Waals surface area contributed by atoms with Crippen molar-refractivity contribution in [2.75, 3.05) is 13.1 Å². The van der Waals surface area contributed by atoms with E-state index in [1.807, 2.05) is 6.92 Å². The van der Waals surface area contributed by atoms with E-state index in [1.165, 1.54) is 12.8 Å². The molecule has 0 spiro atoms. The van der Waals surface area contributed by atoms with Crippen molar-refractivity contribution in [1.29, 1.82) is 0 Å². The fourth-order valence-electron chi connectivity index (χ4n) is 1.22. The van der Waals surface area contributed by atoms with Crippen LogP contribution in [0.25, 0.3) is 0 Å². The fourth-order valence-corrected chi connectivity index (χ4v) is 1.22. The van der Waals surface area contributed by atoms with Gasteiger partial charge in [-0.2, -0.15) is 0 Å². The molecule has 0 radical (unpaired) electrons. The lowest BCUT2D eigenvalue weighted by Gasteiger charge is -2.21. The zero-order chi connectivity index (χ0) is 8.69. The maximum absolute atomic E-state index is 10.9. The number of hydrogen-bond acceptors (Lipinski definition) is 1. The minimum atomic E-state index is 0.410. The Balaban J connectivity index is 3.22. The molecule has 0 bridgehead atoms. The van der Waals surface area contributed by atoms with Crippen molar-refractivity contribution >= 4 is 0 Å². The Kier molecular flexibility index (Phi) is 6.57. The van der Waals surface area contributed by atoms with Gasteiger partial charge in [0.25, 0.3) is 0 Å². The summed E-state index contributed by atoms with van der Waals surface area (Å²) in [5, 5.41) is 11.3. The van der Waals surface area contributed by atoms with Crippen LogP contribution < -0.4 is 5.06 Å². The molecule has 11 heavy (non-hydrogen) atoms. The molecule has 0 aromatic heterocycles. The van der Waals surface area contributed by atoms with Crippen LogP contribution in [0.4, 0.5) is 0 Å². The molecule has 0 aliphatic rings. The number of rotatable bonds is 6. The van der Waals surface area contributed by atoms with Crippen LogP contribution >= 0.6 is 0 Å². The van der Waals surface area contributed by atoms with Gasteiger partial charge in [-0.3, -0.25) is 0 Å². The second-order valence-electron chi connectivity index (χ2n) is 3.32. The predicted molar refractivity (Wildman–Crippen MR) is 48.4 cm³/mol. The van der Waals surface area contributed by atoms with Crippen LogP contribution in [-0.2, 0) is 0 Å². The van der Waals surface area contributed by atoms with Crippen molar-refractivity contribution < 1.29 is 5.06 Å². The second-order valence-corrected chi connectivity index (χ2v) is 3.32. The van der Waals surface area contributed by atoms with E-state index in [9.17, 15) is 5.21 Å². The van der Waals surface area contributed by atoms with Crippen molar-refractivity contribution in [3.8, 4) is 0 Å². The van der Waals surface area contributed by atoms with Crippen LogP contribution in [0, 0.1) is 11.1 Å². The Labute approximate surface area is 70.2 Å². The van der Waals surface area contributed by atoms with Gasteiger partial charge in [0.05, 0.1) is 13.1 Å². The van der Waals surface area contributed by atoms with Gasteiger partial charge in [-0.05, 0) is 19.3 Å². The van der Waals surface area contributed by atoms with Gasteiger partial charge in [-0.1, -0.05) is 26.7 Å². The summed E-state index contributed by atoms with van der Waals surface area (Å²) in [6.45, 7) is 7.86. The lowest BCUT2D eigenvalue weighted by Crippen LogP contribution is -3.06. The highest BCUT2D eigenvalue weighted by molar-refractivity contribution is 4.50. The second kappa shape index (κ2) is 6.62. The van der Waals surface area contributed by atoms with Crippen molar-refractivity contribution in [3.63, 3.8) is 0 Å². The topological polar surface area (TPSA) is 27.5 Å². The molecule has 0 rings (SSSR count). The summed E-state index contributed by atoms with van der Waals surface area (Å²) in [5.41, 5.74) is 0. The van der Waals surface area contributed by atoms with E-state index in [-0.39, 0.29) is 0 Å². The third-order valence-electron chi connectivity index (χ3n) is 2.09. The third kappa shape index (κ3) is 6.32. The van der Waals surface area contributed by atoms with Gasteiger partial charge >= 0.3 is 0 Å². The summed E-state index contributed by atoms with van der Waals surface area (Å²) >= 11 is 0. The summed E-state index contributed by atoms with van der Waals surface area (Å²) in [5.74, 6) is 0.732. The summed E-state index contributed by atoms with van der Waals surface area (Å²) in [7, 11) is 0. The maximum Gasteiger partial charge on any atom is 0.0770 e. The minimum Gasteiger partial charge on any atom is -0.634 e. The monoisotopic (exact) mass is 159 g/mol. The molecular weight excluding hydrogens is 138 g/mol. The molecule has 0 aliphatic heterocycles. The number of quaternary nitrogens is 1. The zero-order valence-corrected chi connectivity index (χ0v) is 8.02. The lowest BCUT2D eigenvalue weighted by molar-refractivity contribution is -0.846. The Bertz CT molecular complexity index is 85.6. The first-order chi connectivity index (χ1) is 5.20. The Hall–Kier alpha value is -0.0800. The van der Waals surface area contributed by atoms with Crippen molar-refractivity contribution in [1.82, 2.24) is 0 Å². The number of nitrogens with one attached hydrogen (secondary N) is 1. The molecule has 0 aliphatic carbocycles. The van der Waals surface area contributed by atoms with Crippen LogP contribution in [0.1, 0.15) is 40.0 Å². The first-order valence-corrected chi connectivity index (χ1v) is 4.72. The fraction of sp³-hybridized carbons (Fsp3) is 1.00. The molecule has 0 saturated heterocycles. The van der Waals surface area contributed by atoms with Crippen LogP contribution in [0.2, 0.25) is 0 Å². The van der Waals surface area contributed by atoms with Gasteiger partial charge < -0.3 is 10.3 Å². The maximum atomic E-state index is 10.9. The average Bonchev–Trinajstić information content (AvgIpc) is 2.01. The lowest BCUT2D eigenvalue weighted by atomic mass is 10.0. The van der Waals surface area contributed by atoms with Crippen molar-refractivity contribution in [3.05, 3.63) is 5.21 Å². The SMILES string of the molecule is CCCC(C)CC[NH+]([O-])CC. The summed E-state index contributed by atoms with van der Waals surface area (Å²) < 4.78 is 0. The van der Waals surface area contributed by atoms with Gasteiger partial charge in [0.15, 0.2) is 0 Å². The van der Waals surface area contributed by atoms with E-state index in [0.29, 0.717) is 11.6 Å². The van der Waals surface area contributed by atoms with E-state index in [4.69, 9.17) is 0 Å². The molecule has 0 amide bonds.